The number of aryl methyl sites for hydroxylation is 1. The first-order chi connectivity index (χ1) is 13.2. The van der Waals surface area contributed by atoms with E-state index in [2.05, 4.69) is 25.6 Å². The molecule has 0 amide bonds. The molecule has 12 heteroatoms. The Balaban J connectivity index is 1.81. The number of phenols is 2. The molecule has 0 bridgehead atoms. The zero-order valence-electron chi connectivity index (χ0n) is 14.5. The van der Waals surface area contributed by atoms with Gasteiger partial charge in [0.2, 0.25) is 10.0 Å². The standard InChI is InChI=1S/C16H15N7O4S/c1-23-16(6-7-18-23)22-21-13-9-14(24)12(8-15(13)25)20-19-10-2-4-11(5-3-10)28(17,26)27/h2-9,24-25H,1H3,(H2,17,26,27)/b20-19+,22-21+. The molecular weight excluding hydrogens is 386 g/mol. The van der Waals surface area contributed by atoms with E-state index in [0.29, 0.717) is 11.5 Å². The molecule has 1 heterocycles. The highest BCUT2D eigenvalue weighted by Gasteiger charge is 2.09. The lowest BCUT2D eigenvalue weighted by atomic mass is 10.2. The fraction of sp³-hybridized carbons (Fsp3) is 0.0625. The van der Waals surface area contributed by atoms with E-state index >= 15 is 0 Å². The third kappa shape index (κ3) is 4.36. The van der Waals surface area contributed by atoms with Gasteiger partial charge < -0.3 is 10.2 Å². The van der Waals surface area contributed by atoms with Crippen LogP contribution in [0.1, 0.15) is 0 Å². The maximum absolute atomic E-state index is 11.2. The summed E-state index contributed by atoms with van der Waals surface area (Å²) in [5, 5.41) is 44.6. The first-order valence-corrected chi connectivity index (χ1v) is 9.29. The topological polar surface area (TPSA) is 168 Å². The van der Waals surface area contributed by atoms with Gasteiger partial charge >= 0.3 is 0 Å². The molecular formula is C16H15N7O4S. The molecule has 144 valence electrons. The number of hydrogen-bond acceptors (Lipinski definition) is 9. The average Bonchev–Trinajstić information content (AvgIpc) is 3.05. The van der Waals surface area contributed by atoms with Crippen LogP contribution in [0, 0.1) is 0 Å². The van der Waals surface area contributed by atoms with Crippen LogP contribution in [0.5, 0.6) is 11.5 Å². The molecule has 2 aromatic carbocycles. The molecule has 0 radical (unpaired) electrons. The summed E-state index contributed by atoms with van der Waals surface area (Å²) in [4.78, 5) is -0.0601. The third-order valence-corrected chi connectivity index (χ3v) is 4.49. The van der Waals surface area contributed by atoms with Gasteiger partial charge in [-0.2, -0.15) is 10.2 Å². The Morgan fingerprint density at radius 1 is 0.929 bits per heavy atom. The number of nitrogens with zero attached hydrogens (tertiary/aromatic N) is 6. The van der Waals surface area contributed by atoms with Crippen molar-refractivity contribution in [3.8, 4) is 11.5 Å². The number of phenolic OH excluding ortho intramolecular Hbond substituents is 2. The number of hydrogen-bond donors (Lipinski definition) is 3. The summed E-state index contributed by atoms with van der Waals surface area (Å²) in [6.45, 7) is 0. The molecule has 0 saturated heterocycles. The monoisotopic (exact) mass is 401 g/mol. The number of azo groups is 2. The summed E-state index contributed by atoms with van der Waals surface area (Å²) in [5.74, 6) is -0.0745. The van der Waals surface area contributed by atoms with Crippen molar-refractivity contribution in [1.82, 2.24) is 9.78 Å². The van der Waals surface area contributed by atoms with E-state index in [-0.39, 0.29) is 27.8 Å². The Kier molecular flexibility index (Phi) is 5.15. The van der Waals surface area contributed by atoms with Gasteiger partial charge in [0, 0.05) is 25.2 Å². The number of benzene rings is 2. The Labute approximate surface area is 159 Å². The molecule has 3 aromatic rings. The SMILES string of the molecule is Cn1nccc1/N=N/c1cc(O)c(/N=N/c2ccc(S(N)(=O)=O)cc2)cc1O. The van der Waals surface area contributed by atoms with Crippen LogP contribution in [-0.2, 0) is 17.1 Å². The van der Waals surface area contributed by atoms with E-state index in [0.717, 1.165) is 0 Å². The number of nitrogens with two attached hydrogens (primary N) is 1. The molecule has 28 heavy (non-hydrogen) atoms. The van der Waals surface area contributed by atoms with E-state index in [9.17, 15) is 18.6 Å². The first kappa shape index (κ1) is 19.1. The minimum absolute atomic E-state index is 0.00694. The Bertz CT molecular complexity index is 1170. The van der Waals surface area contributed by atoms with Gasteiger partial charge in [-0.05, 0) is 24.3 Å². The summed E-state index contributed by atoms with van der Waals surface area (Å²) in [6.07, 6.45) is 1.55. The molecule has 11 nitrogen and oxygen atoms in total. The second-order valence-electron chi connectivity index (χ2n) is 5.58. The Hall–Kier alpha value is -3.64. The van der Waals surface area contributed by atoms with Gasteiger partial charge in [-0.25, -0.2) is 18.2 Å². The van der Waals surface area contributed by atoms with Gasteiger partial charge in [0.25, 0.3) is 0 Å². The lowest BCUT2D eigenvalue weighted by Crippen LogP contribution is -2.11. The Morgan fingerprint density at radius 3 is 2.00 bits per heavy atom. The molecule has 4 N–H and O–H groups in total. The number of aromatic nitrogens is 2. The fourth-order valence-corrected chi connectivity index (χ4v) is 2.61. The van der Waals surface area contributed by atoms with Gasteiger partial charge in [0.05, 0.1) is 16.8 Å². The molecule has 0 spiro atoms. The second-order valence-corrected chi connectivity index (χ2v) is 7.14. The van der Waals surface area contributed by atoms with Gasteiger partial charge in [0.1, 0.15) is 22.9 Å². The summed E-state index contributed by atoms with van der Waals surface area (Å²) in [5.41, 5.74) is 0.355. The predicted octanol–water partition coefficient (Wildman–Crippen LogP) is 3.31. The van der Waals surface area contributed by atoms with Crippen LogP contribution in [0.25, 0.3) is 0 Å². The molecule has 0 aliphatic carbocycles. The maximum atomic E-state index is 11.2. The van der Waals surface area contributed by atoms with Gasteiger partial charge in [-0.1, -0.05) is 0 Å². The molecule has 3 rings (SSSR count). The van der Waals surface area contributed by atoms with Crippen molar-refractivity contribution in [1.29, 1.82) is 0 Å². The van der Waals surface area contributed by atoms with Crippen LogP contribution < -0.4 is 5.14 Å². The summed E-state index contributed by atoms with van der Waals surface area (Å²) < 4.78 is 23.9. The minimum Gasteiger partial charge on any atom is -0.506 e. The van der Waals surface area contributed by atoms with Crippen molar-refractivity contribution in [3.05, 3.63) is 48.7 Å². The zero-order valence-corrected chi connectivity index (χ0v) is 15.3. The minimum atomic E-state index is -3.80. The van der Waals surface area contributed by atoms with Crippen LogP contribution in [0.4, 0.5) is 22.9 Å². The Morgan fingerprint density at radius 2 is 1.50 bits per heavy atom. The number of sulfonamides is 1. The quantitative estimate of drug-likeness (QED) is 0.439. The predicted molar refractivity (Wildman–Crippen MR) is 99.1 cm³/mol. The zero-order chi connectivity index (χ0) is 20.3. The lowest BCUT2D eigenvalue weighted by molar-refractivity contribution is 0.462. The highest BCUT2D eigenvalue weighted by atomic mass is 32.2. The van der Waals surface area contributed by atoms with Crippen molar-refractivity contribution in [3.63, 3.8) is 0 Å². The van der Waals surface area contributed by atoms with E-state index in [4.69, 9.17) is 5.14 Å². The second kappa shape index (κ2) is 7.54. The molecule has 1 aromatic heterocycles. The lowest BCUT2D eigenvalue weighted by Gasteiger charge is -2.03. The van der Waals surface area contributed by atoms with Crippen LogP contribution in [0.3, 0.4) is 0 Å². The summed E-state index contributed by atoms with van der Waals surface area (Å²) in [6, 6.07) is 9.35. The van der Waals surface area contributed by atoms with E-state index in [1.807, 2.05) is 0 Å². The van der Waals surface area contributed by atoms with Crippen molar-refractivity contribution >= 4 is 32.9 Å². The van der Waals surface area contributed by atoms with Gasteiger partial charge in [-0.3, -0.25) is 0 Å². The fourth-order valence-electron chi connectivity index (χ4n) is 2.10. The van der Waals surface area contributed by atoms with Crippen molar-refractivity contribution in [2.75, 3.05) is 0 Å². The van der Waals surface area contributed by atoms with E-state index in [1.165, 1.54) is 41.1 Å². The van der Waals surface area contributed by atoms with E-state index < -0.39 is 10.0 Å². The molecule has 0 aliphatic heterocycles. The number of rotatable bonds is 5. The normalized spacial score (nSPS) is 12.2. The van der Waals surface area contributed by atoms with Gasteiger partial charge in [-0.15, -0.1) is 15.3 Å². The number of aromatic hydroxyl groups is 2. The third-order valence-electron chi connectivity index (χ3n) is 3.57. The molecule has 0 fully saturated rings. The summed E-state index contributed by atoms with van der Waals surface area (Å²) in [7, 11) is -2.11. The van der Waals surface area contributed by atoms with Crippen molar-refractivity contribution in [2.45, 2.75) is 4.90 Å². The smallest absolute Gasteiger partial charge is 0.238 e. The highest BCUT2D eigenvalue weighted by Crippen LogP contribution is 2.39. The molecule has 0 aliphatic rings. The van der Waals surface area contributed by atoms with Crippen LogP contribution in [0.2, 0.25) is 0 Å². The molecule has 0 unspecified atom stereocenters. The summed E-state index contributed by atoms with van der Waals surface area (Å²) >= 11 is 0. The average molecular weight is 401 g/mol. The molecule has 0 saturated carbocycles. The maximum Gasteiger partial charge on any atom is 0.238 e. The largest absolute Gasteiger partial charge is 0.506 e. The van der Waals surface area contributed by atoms with Crippen LogP contribution in [0.15, 0.2) is 74.0 Å². The van der Waals surface area contributed by atoms with Crippen molar-refractivity contribution in [2.24, 2.45) is 32.6 Å². The van der Waals surface area contributed by atoms with E-state index in [1.54, 1.807) is 19.3 Å². The van der Waals surface area contributed by atoms with Crippen molar-refractivity contribution < 1.29 is 18.6 Å². The van der Waals surface area contributed by atoms with Crippen LogP contribution >= 0.6 is 0 Å². The van der Waals surface area contributed by atoms with Crippen LogP contribution in [-0.4, -0.2) is 28.4 Å². The first-order valence-electron chi connectivity index (χ1n) is 7.74. The highest BCUT2D eigenvalue weighted by molar-refractivity contribution is 7.89. The van der Waals surface area contributed by atoms with Gasteiger partial charge in [0.15, 0.2) is 5.82 Å². The molecule has 0 atom stereocenters. The number of primary sulfonamides is 1.